The summed E-state index contributed by atoms with van der Waals surface area (Å²) in [6.45, 7) is 4.12. The molecule has 0 aliphatic carbocycles. The van der Waals surface area contributed by atoms with E-state index < -0.39 is 12.1 Å². The number of nitrogens with one attached hydrogen (secondary N) is 1. The highest BCUT2D eigenvalue weighted by atomic mass is 16.3. The molecule has 0 aliphatic rings. The fourth-order valence-electron chi connectivity index (χ4n) is 5.66. The highest BCUT2D eigenvalue weighted by Gasteiger charge is 2.17. The summed E-state index contributed by atoms with van der Waals surface area (Å²) in [4.78, 5) is 12.1. The molecule has 0 fully saturated rings. The van der Waals surface area contributed by atoms with E-state index in [1.165, 1.54) is 154 Å². The zero-order valence-electron chi connectivity index (χ0n) is 27.8. The largest absolute Gasteiger partial charge is 0.394 e. The Morgan fingerprint density at radius 3 is 1.22 bits per heavy atom. The minimum absolute atomic E-state index is 0.0728. The summed E-state index contributed by atoms with van der Waals surface area (Å²) >= 11 is 0. The van der Waals surface area contributed by atoms with Gasteiger partial charge in [0, 0.05) is 6.42 Å². The van der Waals surface area contributed by atoms with E-state index in [4.69, 9.17) is 0 Å². The number of unbranched alkanes of at least 4 members (excludes halogenated alkanes) is 26. The predicted molar refractivity (Wildman–Crippen MR) is 179 cm³/mol. The van der Waals surface area contributed by atoms with Gasteiger partial charge in [-0.05, 0) is 12.8 Å². The average Bonchev–Trinajstić information content (AvgIpc) is 2.97. The highest BCUT2D eigenvalue weighted by molar-refractivity contribution is 5.76. The second-order valence-electron chi connectivity index (χ2n) is 12.7. The van der Waals surface area contributed by atoms with Crippen molar-refractivity contribution in [3.63, 3.8) is 0 Å². The average molecular weight is 580 g/mol. The number of rotatable bonds is 33. The predicted octanol–water partition coefficient (Wildman–Crippen LogP) is 10.7. The lowest BCUT2D eigenvalue weighted by Gasteiger charge is -2.19. The Kier molecular flexibility index (Phi) is 32.9. The lowest BCUT2D eigenvalue weighted by Crippen LogP contribution is -2.45. The molecule has 41 heavy (non-hydrogen) atoms. The maximum atomic E-state index is 12.1. The van der Waals surface area contributed by atoms with Crippen molar-refractivity contribution in [1.82, 2.24) is 5.32 Å². The van der Waals surface area contributed by atoms with Crippen LogP contribution in [0, 0.1) is 0 Å². The van der Waals surface area contributed by atoms with Crippen molar-refractivity contribution >= 4 is 5.91 Å². The molecule has 1 amide bonds. The zero-order valence-corrected chi connectivity index (χ0v) is 27.8. The molecular weight excluding hydrogens is 506 g/mol. The summed E-state index contributed by atoms with van der Waals surface area (Å²) in [5.74, 6) is -0.0728. The van der Waals surface area contributed by atoms with Gasteiger partial charge in [0.2, 0.25) is 5.91 Å². The molecule has 0 saturated carbocycles. The molecule has 0 aromatic carbocycles. The van der Waals surface area contributed by atoms with E-state index in [9.17, 15) is 15.0 Å². The van der Waals surface area contributed by atoms with E-state index in [1.807, 2.05) is 6.08 Å². The molecule has 3 N–H and O–H groups in total. The van der Waals surface area contributed by atoms with Crippen molar-refractivity contribution in [2.45, 2.75) is 212 Å². The number of allylic oxidation sites excluding steroid dienone is 1. The third kappa shape index (κ3) is 30.4. The van der Waals surface area contributed by atoms with E-state index in [1.54, 1.807) is 6.08 Å². The Balaban J connectivity index is 3.30. The minimum Gasteiger partial charge on any atom is -0.394 e. The number of carbonyl (C=O) groups excluding carboxylic acids is 1. The molecule has 0 spiro atoms. The zero-order chi connectivity index (χ0) is 30.1. The molecule has 0 rings (SSSR count). The Morgan fingerprint density at radius 2 is 0.902 bits per heavy atom. The van der Waals surface area contributed by atoms with E-state index in [0.29, 0.717) is 6.42 Å². The molecule has 0 aromatic heterocycles. The first-order valence-electron chi connectivity index (χ1n) is 18.4. The van der Waals surface area contributed by atoms with Gasteiger partial charge in [-0.15, -0.1) is 0 Å². The third-order valence-corrected chi connectivity index (χ3v) is 8.50. The smallest absolute Gasteiger partial charge is 0.220 e. The monoisotopic (exact) mass is 580 g/mol. The number of aliphatic hydroxyl groups is 2. The highest BCUT2D eigenvalue weighted by Crippen LogP contribution is 2.16. The van der Waals surface area contributed by atoms with Gasteiger partial charge >= 0.3 is 0 Å². The van der Waals surface area contributed by atoms with Crippen LogP contribution < -0.4 is 5.32 Å². The first kappa shape index (κ1) is 40.1. The normalized spacial score (nSPS) is 13.2. The fraction of sp³-hybridized carbons (Fsp3) is 0.919. The summed E-state index contributed by atoms with van der Waals surface area (Å²) in [7, 11) is 0. The molecule has 0 radical (unpaired) electrons. The quantitative estimate of drug-likeness (QED) is 0.0535. The van der Waals surface area contributed by atoms with Gasteiger partial charge in [-0.25, -0.2) is 0 Å². The maximum absolute atomic E-state index is 12.1. The van der Waals surface area contributed by atoms with Crippen LogP contribution in [0.4, 0.5) is 0 Å². The van der Waals surface area contributed by atoms with E-state index in [-0.39, 0.29) is 12.5 Å². The van der Waals surface area contributed by atoms with Crippen LogP contribution in [0.2, 0.25) is 0 Å². The summed E-state index contributed by atoms with van der Waals surface area (Å²) in [6, 6.07) is -0.611. The standard InChI is InChI=1S/C37H73NO3/c1-3-5-7-8-9-10-11-12-13-14-15-16-17-18-19-20-21-22-23-24-25-26-27-28-29-31-33-37(41)38-35(34-39)36(40)32-30-6-4-2/h30,32,35-36,39-40H,3-29,31,33-34H2,1-2H3,(H,38,41)/b32-30+. The van der Waals surface area contributed by atoms with Crippen LogP contribution in [-0.2, 0) is 4.79 Å². The second kappa shape index (κ2) is 33.6. The molecule has 0 aromatic rings. The molecular formula is C37H73NO3. The Labute approximate surface area is 256 Å². The first-order chi connectivity index (χ1) is 20.2. The molecule has 4 nitrogen and oxygen atoms in total. The van der Waals surface area contributed by atoms with Gasteiger partial charge in [-0.1, -0.05) is 193 Å². The summed E-state index contributed by atoms with van der Waals surface area (Å²) in [5.41, 5.74) is 0. The van der Waals surface area contributed by atoms with Gasteiger partial charge in [0.05, 0.1) is 18.8 Å². The molecule has 0 bridgehead atoms. The summed E-state index contributed by atoms with van der Waals surface area (Å²) in [6.07, 6.45) is 40.9. The molecule has 0 heterocycles. The van der Waals surface area contributed by atoms with Crippen molar-refractivity contribution < 1.29 is 15.0 Å². The van der Waals surface area contributed by atoms with Crippen LogP contribution in [0.5, 0.6) is 0 Å². The lowest BCUT2D eigenvalue weighted by molar-refractivity contribution is -0.123. The van der Waals surface area contributed by atoms with Gasteiger partial charge in [-0.2, -0.15) is 0 Å². The fourth-order valence-corrected chi connectivity index (χ4v) is 5.66. The number of hydrogen-bond donors (Lipinski definition) is 3. The number of carbonyl (C=O) groups is 1. The first-order valence-corrected chi connectivity index (χ1v) is 18.4. The molecule has 2 unspecified atom stereocenters. The van der Waals surface area contributed by atoms with Gasteiger partial charge < -0.3 is 15.5 Å². The van der Waals surface area contributed by atoms with Crippen LogP contribution in [0.1, 0.15) is 200 Å². The number of aliphatic hydroxyl groups excluding tert-OH is 2. The van der Waals surface area contributed by atoms with Gasteiger partial charge in [0.15, 0.2) is 0 Å². The molecule has 0 saturated heterocycles. The number of amides is 1. The van der Waals surface area contributed by atoms with Crippen molar-refractivity contribution in [3.8, 4) is 0 Å². The van der Waals surface area contributed by atoms with E-state index in [0.717, 1.165) is 25.7 Å². The maximum Gasteiger partial charge on any atom is 0.220 e. The van der Waals surface area contributed by atoms with Crippen LogP contribution in [-0.4, -0.2) is 34.9 Å². The Hall–Kier alpha value is -0.870. The SMILES string of the molecule is CCC/C=C/C(O)C(CO)NC(=O)CCCCCCCCCCCCCCCCCCCCCCCCCCCC. The minimum atomic E-state index is -0.829. The Morgan fingerprint density at radius 1 is 0.561 bits per heavy atom. The van der Waals surface area contributed by atoms with Gasteiger partial charge in [-0.3, -0.25) is 4.79 Å². The lowest BCUT2D eigenvalue weighted by atomic mass is 10.0. The third-order valence-electron chi connectivity index (χ3n) is 8.50. The van der Waals surface area contributed by atoms with Gasteiger partial charge in [0.1, 0.15) is 0 Å². The van der Waals surface area contributed by atoms with Crippen LogP contribution in [0.3, 0.4) is 0 Å². The number of hydrogen-bond acceptors (Lipinski definition) is 3. The Bertz CT molecular complexity index is 550. The van der Waals surface area contributed by atoms with Crippen molar-refractivity contribution in [2.24, 2.45) is 0 Å². The van der Waals surface area contributed by atoms with Crippen LogP contribution >= 0.6 is 0 Å². The van der Waals surface area contributed by atoms with Crippen molar-refractivity contribution in [1.29, 1.82) is 0 Å². The molecule has 244 valence electrons. The van der Waals surface area contributed by atoms with Crippen molar-refractivity contribution in [2.75, 3.05) is 6.61 Å². The van der Waals surface area contributed by atoms with Crippen LogP contribution in [0.25, 0.3) is 0 Å². The molecule has 2 atom stereocenters. The van der Waals surface area contributed by atoms with E-state index in [2.05, 4.69) is 19.2 Å². The van der Waals surface area contributed by atoms with E-state index >= 15 is 0 Å². The summed E-state index contributed by atoms with van der Waals surface area (Å²) in [5, 5.41) is 22.3. The molecule has 4 heteroatoms. The van der Waals surface area contributed by atoms with Crippen molar-refractivity contribution in [3.05, 3.63) is 12.2 Å². The topological polar surface area (TPSA) is 69.6 Å². The van der Waals surface area contributed by atoms with Gasteiger partial charge in [0.25, 0.3) is 0 Å². The second-order valence-corrected chi connectivity index (χ2v) is 12.7. The summed E-state index contributed by atoms with van der Waals surface area (Å²) < 4.78 is 0. The molecule has 0 aliphatic heterocycles. The van der Waals surface area contributed by atoms with Crippen LogP contribution in [0.15, 0.2) is 12.2 Å².